The average Bonchev–Trinajstić information content (AvgIpc) is 2.81. The molecule has 0 saturated heterocycles. The molecular formula is C17H29N3. The van der Waals surface area contributed by atoms with Gasteiger partial charge in [0.05, 0.1) is 5.69 Å². The Morgan fingerprint density at radius 3 is 2.80 bits per heavy atom. The number of fused-ring (bicyclic) bond motifs is 1. The molecule has 1 aromatic rings. The van der Waals surface area contributed by atoms with E-state index >= 15 is 0 Å². The molecule has 1 fully saturated rings. The number of hydrogen-bond acceptors (Lipinski definition) is 2. The number of nitrogens with zero attached hydrogens (tertiary/aromatic N) is 2. The lowest BCUT2D eigenvalue weighted by Gasteiger charge is -2.37. The van der Waals surface area contributed by atoms with Gasteiger partial charge in [-0.2, -0.15) is 0 Å². The fourth-order valence-corrected chi connectivity index (χ4v) is 4.05. The molecule has 112 valence electrons. The highest BCUT2D eigenvalue weighted by Crippen LogP contribution is 2.40. The van der Waals surface area contributed by atoms with E-state index < -0.39 is 0 Å². The third kappa shape index (κ3) is 2.30. The summed E-state index contributed by atoms with van der Waals surface area (Å²) in [7, 11) is 0. The second kappa shape index (κ2) is 5.51. The number of aromatic nitrogens is 2. The molecule has 0 bridgehead atoms. The minimum absolute atomic E-state index is 0.519. The molecule has 0 radical (unpaired) electrons. The van der Waals surface area contributed by atoms with Gasteiger partial charge in [0.2, 0.25) is 0 Å². The van der Waals surface area contributed by atoms with Crippen LogP contribution in [0.25, 0.3) is 0 Å². The summed E-state index contributed by atoms with van der Waals surface area (Å²) < 4.78 is 2.65. The molecular weight excluding hydrogens is 246 g/mol. The lowest BCUT2D eigenvalue weighted by molar-refractivity contribution is 0.179. The van der Waals surface area contributed by atoms with Crippen molar-refractivity contribution in [3.63, 3.8) is 0 Å². The molecule has 2 heterocycles. The molecule has 1 aliphatic heterocycles. The molecule has 1 aliphatic carbocycles. The van der Waals surface area contributed by atoms with Crippen LogP contribution in [0.1, 0.15) is 76.1 Å². The van der Waals surface area contributed by atoms with Gasteiger partial charge in [0.25, 0.3) is 0 Å². The molecule has 3 heteroatoms. The van der Waals surface area contributed by atoms with Crippen LogP contribution in [0, 0.1) is 11.8 Å². The van der Waals surface area contributed by atoms with Gasteiger partial charge >= 0.3 is 0 Å². The quantitative estimate of drug-likeness (QED) is 0.893. The smallest absolute Gasteiger partial charge is 0.112 e. The minimum Gasteiger partial charge on any atom is -0.328 e. The van der Waals surface area contributed by atoms with Gasteiger partial charge in [-0.15, -0.1) is 0 Å². The van der Waals surface area contributed by atoms with Crippen LogP contribution in [0.15, 0.2) is 0 Å². The zero-order chi connectivity index (χ0) is 14.3. The zero-order valence-corrected chi connectivity index (χ0v) is 13.4. The monoisotopic (exact) mass is 275 g/mol. The summed E-state index contributed by atoms with van der Waals surface area (Å²) in [6.07, 6.45) is 5.25. The molecule has 0 aromatic carbocycles. The third-order valence-corrected chi connectivity index (χ3v) is 5.46. The highest BCUT2D eigenvalue weighted by molar-refractivity contribution is 5.23. The van der Waals surface area contributed by atoms with Crippen LogP contribution >= 0.6 is 0 Å². The van der Waals surface area contributed by atoms with E-state index in [4.69, 9.17) is 4.98 Å². The first-order valence-corrected chi connectivity index (χ1v) is 8.40. The first kappa shape index (κ1) is 14.1. The van der Waals surface area contributed by atoms with E-state index in [1.807, 2.05) is 0 Å². The number of hydrogen-bond donors (Lipinski definition) is 1. The second-order valence-electron chi connectivity index (χ2n) is 7.15. The molecule has 3 atom stereocenters. The van der Waals surface area contributed by atoms with E-state index in [2.05, 4.69) is 37.6 Å². The zero-order valence-electron chi connectivity index (χ0n) is 13.4. The van der Waals surface area contributed by atoms with Gasteiger partial charge < -0.3 is 9.88 Å². The summed E-state index contributed by atoms with van der Waals surface area (Å²) in [5.74, 6) is 3.46. The van der Waals surface area contributed by atoms with Gasteiger partial charge in [0.1, 0.15) is 5.82 Å². The third-order valence-electron chi connectivity index (χ3n) is 5.46. The lowest BCUT2D eigenvalue weighted by atomic mass is 9.77. The van der Waals surface area contributed by atoms with E-state index in [0.29, 0.717) is 12.0 Å². The van der Waals surface area contributed by atoms with E-state index in [1.54, 1.807) is 0 Å². The Labute approximate surface area is 123 Å². The SMILES string of the molecule is CC(C)c1nc2c(n1C1CCCC(C)C1C)CCNC2. The summed E-state index contributed by atoms with van der Waals surface area (Å²) in [4.78, 5) is 4.99. The minimum atomic E-state index is 0.519. The number of nitrogens with one attached hydrogen (secondary N) is 1. The predicted molar refractivity (Wildman–Crippen MR) is 82.9 cm³/mol. The van der Waals surface area contributed by atoms with Crippen molar-refractivity contribution in [2.24, 2.45) is 11.8 Å². The Morgan fingerprint density at radius 2 is 2.05 bits per heavy atom. The van der Waals surface area contributed by atoms with E-state index in [0.717, 1.165) is 31.3 Å². The second-order valence-corrected chi connectivity index (χ2v) is 7.15. The van der Waals surface area contributed by atoms with Gasteiger partial charge in [-0.25, -0.2) is 4.98 Å². The molecule has 0 amide bonds. The Balaban J connectivity index is 2.04. The molecule has 20 heavy (non-hydrogen) atoms. The van der Waals surface area contributed by atoms with Gasteiger partial charge in [0, 0.05) is 37.2 Å². The van der Waals surface area contributed by atoms with Gasteiger partial charge in [0.15, 0.2) is 0 Å². The summed E-state index contributed by atoms with van der Waals surface area (Å²) in [6.45, 7) is 11.5. The highest BCUT2D eigenvalue weighted by atomic mass is 15.2. The van der Waals surface area contributed by atoms with Crippen LogP contribution in [0.3, 0.4) is 0 Å². The van der Waals surface area contributed by atoms with Crippen LogP contribution in [-0.4, -0.2) is 16.1 Å². The molecule has 2 aliphatic rings. The van der Waals surface area contributed by atoms with Crippen molar-refractivity contribution in [1.82, 2.24) is 14.9 Å². The molecule has 1 saturated carbocycles. The molecule has 3 unspecified atom stereocenters. The Morgan fingerprint density at radius 1 is 1.25 bits per heavy atom. The highest BCUT2D eigenvalue weighted by Gasteiger charge is 2.33. The average molecular weight is 275 g/mol. The standard InChI is InChI=1S/C17H29N3/c1-11(2)17-19-14-10-18-9-8-16(14)20(17)15-7-5-6-12(3)13(15)4/h11-13,15,18H,5-10H2,1-4H3. The Hall–Kier alpha value is -0.830. The number of rotatable bonds is 2. The van der Waals surface area contributed by atoms with Crippen LogP contribution in [0.5, 0.6) is 0 Å². The van der Waals surface area contributed by atoms with Gasteiger partial charge in [-0.3, -0.25) is 0 Å². The summed E-state index contributed by atoms with van der Waals surface area (Å²) in [5.41, 5.74) is 2.84. The van der Waals surface area contributed by atoms with E-state index in [-0.39, 0.29) is 0 Å². The molecule has 0 spiro atoms. The Bertz CT molecular complexity index is 475. The molecule has 1 N–H and O–H groups in total. The van der Waals surface area contributed by atoms with Crippen LogP contribution in [0.4, 0.5) is 0 Å². The largest absolute Gasteiger partial charge is 0.328 e. The fourth-order valence-electron chi connectivity index (χ4n) is 4.05. The van der Waals surface area contributed by atoms with Crippen LogP contribution in [-0.2, 0) is 13.0 Å². The van der Waals surface area contributed by atoms with Crippen LogP contribution in [0.2, 0.25) is 0 Å². The van der Waals surface area contributed by atoms with Crippen molar-refractivity contribution in [2.45, 2.75) is 71.9 Å². The van der Waals surface area contributed by atoms with Crippen molar-refractivity contribution in [1.29, 1.82) is 0 Å². The van der Waals surface area contributed by atoms with Crippen molar-refractivity contribution < 1.29 is 0 Å². The molecule has 1 aromatic heterocycles. The van der Waals surface area contributed by atoms with Crippen LogP contribution < -0.4 is 5.32 Å². The van der Waals surface area contributed by atoms with E-state index in [9.17, 15) is 0 Å². The van der Waals surface area contributed by atoms with Crippen molar-refractivity contribution in [2.75, 3.05) is 6.54 Å². The normalized spacial score (nSPS) is 30.6. The number of imidazole rings is 1. The topological polar surface area (TPSA) is 29.9 Å². The summed E-state index contributed by atoms with van der Waals surface area (Å²) in [5, 5.41) is 3.47. The first-order chi connectivity index (χ1) is 9.59. The van der Waals surface area contributed by atoms with Gasteiger partial charge in [-0.1, -0.05) is 40.5 Å². The maximum atomic E-state index is 4.99. The summed E-state index contributed by atoms with van der Waals surface area (Å²) in [6, 6.07) is 0.672. The van der Waals surface area contributed by atoms with Crippen molar-refractivity contribution in [3.05, 3.63) is 17.2 Å². The Kier molecular flexibility index (Phi) is 3.89. The van der Waals surface area contributed by atoms with Crippen molar-refractivity contribution in [3.8, 4) is 0 Å². The maximum Gasteiger partial charge on any atom is 0.112 e. The first-order valence-electron chi connectivity index (χ1n) is 8.40. The maximum absolute atomic E-state index is 4.99. The van der Waals surface area contributed by atoms with E-state index in [1.165, 1.54) is 36.5 Å². The predicted octanol–water partition coefficient (Wildman–Crippen LogP) is 3.65. The molecule has 3 nitrogen and oxygen atoms in total. The summed E-state index contributed by atoms with van der Waals surface area (Å²) >= 11 is 0. The fraction of sp³-hybridized carbons (Fsp3) is 0.824. The van der Waals surface area contributed by atoms with Gasteiger partial charge in [-0.05, 0) is 18.3 Å². The lowest BCUT2D eigenvalue weighted by Crippen LogP contribution is -2.31. The molecule has 3 rings (SSSR count). The van der Waals surface area contributed by atoms with Crippen molar-refractivity contribution >= 4 is 0 Å².